The minimum absolute atomic E-state index is 0.297. The quantitative estimate of drug-likeness (QED) is 0.620. The molecule has 80 valence electrons. The number of thioether (sulfide) groups is 1. The van der Waals surface area contributed by atoms with Crippen LogP contribution in [0.2, 0.25) is 0 Å². The predicted molar refractivity (Wildman–Crippen MR) is 60.2 cm³/mol. The Labute approximate surface area is 85.6 Å². The average Bonchev–Trinajstić information content (AvgIpc) is 2.01. The fourth-order valence-corrected chi connectivity index (χ4v) is 2.93. The summed E-state index contributed by atoms with van der Waals surface area (Å²) in [5.74, 6) is 2.01. The van der Waals surface area contributed by atoms with E-state index in [0.29, 0.717) is 11.5 Å². The molecular weight excluding hydrogens is 206 g/mol. The lowest BCUT2D eigenvalue weighted by atomic mass is 10.5. The molecule has 3 nitrogen and oxygen atoms in total. The molecule has 0 aromatic rings. The third-order valence-electron chi connectivity index (χ3n) is 1.45. The van der Waals surface area contributed by atoms with E-state index in [1.807, 2.05) is 0 Å². The number of hydrogen-bond acceptors (Lipinski definition) is 4. The molecule has 0 unspecified atom stereocenters. The van der Waals surface area contributed by atoms with Crippen LogP contribution in [-0.2, 0) is 9.84 Å². The second kappa shape index (κ2) is 7.64. The second-order valence-electron chi connectivity index (χ2n) is 2.99. The van der Waals surface area contributed by atoms with Crippen molar-refractivity contribution < 1.29 is 8.42 Å². The highest BCUT2D eigenvalue weighted by Crippen LogP contribution is 1.99. The van der Waals surface area contributed by atoms with E-state index in [-0.39, 0.29) is 0 Å². The van der Waals surface area contributed by atoms with Gasteiger partial charge in [0.2, 0.25) is 0 Å². The first-order valence-electron chi connectivity index (χ1n) is 4.52. The third-order valence-corrected chi connectivity index (χ3v) is 3.64. The summed E-state index contributed by atoms with van der Waals surface area (Å²) in [5, 5.41) is 3.26. The van der Waals surface area contributed by atoms with Gasteiger partial charge in [-0.2, -0.15) is 11.8 Å². The number of rotatable bonds is 8. The summed E-state index contributed by atoms with van der Waals surface area (Å²) in [5.41, 5.74) is 0. The highest BCUT2D eigenvalue weighted by molar-refractivity contribution is 8.00. The fraction of sp³-hybridized carbons (Fsp3) is 1.00. The Morgan fingerprint density at radius 1 is 1.23 bits per heavy atom. The Bertz CT molecular complexity index is 202. The average molecular weight is 225 g/mol. The SMILES string of the molecule is CCCNCCSCCS(C)(=O)=O. The van der Waals surface area contributed by atoms with Gasteiger partial charge in [0.05, 0.1) is 5.75 Å². The standard InChI is InChI=1S/C8H19NO2S2/c1-3-4-9-5-6-12-7-8-13(2,10)11/h9H,3-8H2,1-2H3. The van der Waals surface area contributed by atoms with Gasteiger partial charge < -0.3 is 5.32 Å². The van der Waals surface area contributed by atoms with Crippen molar-refractivity contribution in [3.05, 3.63) is 0 Å². The minimum atomic E-state index is -2.76. The van der Waals surface area contributed by atoms with E-state index < -0.39 is 9.84 Å². The monoisotopic (exact) mass is 225 g/mol. The molecule has 0 saturated carbocycles. The van der Waals surface area contributed by atoms with Gasteiger partial charge in [0.15, 0.2) is 0 Å². The van der Waals surface area contributed by atoms with Crippen molar-refractivity contribution in [2.24, 2.45) is 0 Å². The molecule has 0 heterocycles. The summed E-state index contributed by atoms with van der Waals surface area (Å²) >= 11 is 1.69. The maximum Gasteiger partial charge on any atom is 0.148 e. The van der Waals surface area contributed by atoms with Crippen LogP contribution in [-0.4, -0.2) is 45.0 Å². The summed E-state index contributed by atoms with van der Waals surface area (Å²) in [6.07, 6.45) is 2.43. The van der Waals surface area contributed by atoms with Gasteiger partial charge in [-0.15, -0.1) is 0 Å². The number of nitrogens with one attached hydrogen (secondary N) is 1. The van der Waals surface area contributed by atoms with Gasteiger partial charge in [0.1, 0.15) is 9.84 Å². The van der Waals surface area contributed by atoms with E-state index in [1.165, 1.54) is 6.26 Å². The lowest BCUT2D eigenvalue weighted by Gasteiger charge is -2.02. The molecule has 0 amide bonds. The first kappa shape index (κ1) is 13.3. The van der Waals surface area contributed by atoms with Crippen LogP contribution < -0.4 is 5.32 Å². The van der Waals surface area contributed by atoms with Crippen LogP contribution in [0.15, 0.2) is 0 Å². The first-order chi connectivity index (χ1) is 6.06. The Hall–Kier alpha value is 0.260. The molecule has 0 radical (unpaired) electrons. The minimum Gasteiger partial charge on any atom is -0.316 e. The zero-order chi connectivity index (χ0) is 10.2. The zero-order valence-corrected chi connectivity index (χ0v) is 10.0. The van der Waals surface area contributed by atoms with Gasteiger partial charge >= 0.3 is 0 Å². The molecule has 0 aliphatic rings. The van der Waals surface area contributed by atoms with Crippen LogP contribution in [0.3, 0.4) is 0 Å². The summed E-state index contributed by atoms with van der Waals surface area (Å²) in [7, 11) is -2.76. The molecule has 0 fully saturated rings. The van der Waals surface area contributed by atoms with Crippen molar-refractivity contribution >= 4 is 21.6 Å². The van der Waals surface area contributed by atoms with Crippen LogP contribution in [0.25, 0.3) is 0 Å². The van der Waals surface area contributed by atoms with Gasteiger partial charge in [-0.25, -0.2) is 8.42 Å². The molecule has 5 heteroatoms. The van der Waals surface area contributed by atoms with E-state index in [0.717, 1.165) is 25.3 Å². The molecule has 0 spiro atoms. The molecule has 13 heavy (non-hydrogen) atoms. The largest absolute Gasteiger partial charge is 0.316 e. The van der Waals surface area contributed by atoms with Gasteiger partial charge in [-0.3, -0.25) is 0 Å². The lowest BCUT2D eigenvalue weighted by Crippen LogP contribution is -2.18. The Morgan fingerprint density at radius 2 is 1.92 bits per heavy atom. The van der Waals surface area contributed by atoms with E-state index in [1.54, 1.807) is 11.8 Å². The van der Waals surface area contributed by atoms with Crippen LogP contribution in [0.4, 0.5) is 0 Å². The molecule has 0 bridgehead atoms. The van der Waals surface area contributed by atoms with Crippen molar-refractivity contribution in [1.29, 1.82) is 0 Å². The molecule has 0 aromatic heterocycles. The number of sulfone groups is 1. The zero-order valence-electron chi connectivity index (χ0n) is 8.38. The number of hydrogen-bond donors (Lipinski definition) is 1. The van der Waals surface area contributed by atoms with Gasteiger partial charge in [-0.1, -0.05) is 6.92 Å². The molecule has 0 aliphatic heterocycles. The molecule has 0 aliphatic carbocycles. The Balaban J connectivity index is 3.09. The van der Waals surface area contributed by atoms with Gasteiger partial charge in [-0.05, 0) is 13.0 Å². The fourth-order valence-electron chi connectivity index (χ4n) is 0.758. The van der Waals surface area contributed by atoms with E-state index in [9.17, 15) is 8.42 Å². The third kappa shape index (κ3) is 12.3. The first-order valence-corrected chi connectivity index (χ1v) is 7.74. The molecule has 0 rings (SSSR count). The van der Waals surface area contributed by atoms with Gasteiger partial charge in [0.25, 0.3) is 0 Å². The van der Waals surface area contributed by atoms with E-state index >= 15 is 0 Å². The van der Waals surface area contributed by atoms with Crippen molar-refractivity contribution in [3.63, 3.8) is 0 Å². The Kier molecular flexibility index (Phi) is 7.80. The smallest absolute Gasteiger partial charge is 0.148 e. The topological polar surface area (TPSA) is 46.2 Å². The maximum atomic E-state index is 10.7. The van der Waals surface area contributed by atoms with Gasteiger partial charge in [0, 0.05) is 24.3 Å². The molecular formula is C8H19NO2S2. The second-order valence-corrected chi connectivity index (χ2v) is 6.48. The van der Waals surface area contributed by atoms with Crippen molar-refractivity contribution in [1.82, 2.24) is 5.32 Å². The molecule has 1 N–H and O–H groups in total. The summed E-state index contributed by atoms with van der Waals surface area (Å²) < 4.78 is 21.5. The molecule has 0 saturated heterocycles. The summed E-state index contributed by atoms with van der Waals surface area (Å²) in [6.45, 7) is 4.15. The molecule has 0 aromatic carbocycles. The van der Waals surface area contributed by atoms with Crippen LogP contribution in [0.1, 0.15) is 13.3 Å². The van der Waals surface area contributed by atoms with E-state index in [4.69, 9.17) is 0 Å². The lowest BCUT2D eigenvalue weighted by molar-refractivity contribution is 0.603. The Morgan fingerprint density at radius 3 is 2.46 bits per heavy atom. The highest BCUT2D eigenvalue weighted by atomic mass is 32.2. The van der Waals surface area contributed by atoms with Crippen LogP contribution >= 0.6 is 11.8 Å². The summed E-state index contributed by atoms with van der Waals surface area (Å²) in [4.78, 5) is 0. The summed E-state index contributed by atoms with van der Waals surface area (Å²) in [6, 6.07) is 0. The van der Waals surface area contributed by atoms with Crippen molar-refractivity contribution in [2.75, 3.05) is 36.6 Å². The van der Waals surface area contributed by atoms with E-state index in [2.05, 4.69) is 12.2 Å². The van der Waals surface area contributed by atoms with Crippen molar-refractivity contribution in [3.8, 4) is 0 Å². The van der Waals surface area contributed by atoms with Crippen LogP contribution in [0, 0.1) is 0 Å². The van der Waals surface area contributed by atoms with Crippen molar-refractivity contribution in [2.45, 2.75) is 13.3 Å². The normalized spacial score (nSPS) is 11.8. The highest BCUT2D eigenvalue weighted by Gasteiger charge is 2.00. The molecule has 0 atom stereocenters. The van der Waals surface area contributed by atoms with Crippen LogP contribution in [0.5, 0.6) is 0 Å². The predicted octanol–water partition coefficient (Wildman–Crippen LogP) is 0.764. The maximum absolute atomic E-state index is 10.7.